The van der Waals surface area contributed by atoms with Gasteiger partial charge in [0.1, 0.15) is 0 Å². The van der Waals surface area contributed by atoms with Crippen molar-refractivity contribution in [2.75, 3.05) is 25.3 Å². The summed E-state index contributed by atoms with van der Waals surface area (Å²) in [5, 5.41) is 9.43. The first-order valence-electron chi connectivity index (χ1n) is 5.25. The molecule has 15 heavy (non-hydrogen) atoms. The molecular formula is C12H21N2P. The molecule has 0 unspecified atom stereocenters. The highest BCUT2D eigenvalue weighted by Crippen LogP contribution is 2.39. The zero-order chi connectivity index (χ0) is 11.6. The Kier molecular flexibility index (Phi) is 3.62. The van der Waals surface area contributed by atoms with Crippen LogP contribution in [0.3, 0.4) is 0 Å². The summed E-state index contributed by atoms with van der Waals surface area (Å²) in [4.78, 5) is 2.24. The Morgan fingerprint density at radius 2 is 1.73 bits per heavy atom. The Morgan fingerprint density at radius 1 is 1.20 bits per heavy atom. The van der Waals surface area contributed by atoms with Crippen molar-refractivity contribution in [2.45, 2.75) is 19.9 Å². The van der Waals surface area contributed by atoms with Gasteiger partial charge in [-0.05, 0) is 40.3 Å². The van der Waals surface area contributed by atoms with Crippen molar-refractivity contribution in [1.82, 2.24) is 0 Å². The van der Waals surface area contributed by atoms with Crippen LogP contribution in [0.5, 0.6) is 0 Å². The summed E-state index contributed by atoms with van der Waals surface area (Å²) in [6, 6.07) is 8.76. The highest BCUT2D eigenvalue weighted by atomic mass is 31.2. The zero-order valence-corrected chi connectivity index (χ0v) is 11.2. The molecule has 0 radical (unpaired) electrons. The van der Waals surface area contributed by atoms with Gasteiger partial charge in [0.15, 0.2) is 0 Å². The Hall–Kier alpha value is -0.750. The highest BCUT2D eigenvalue weighted by Gasteiger charge is 2.15. The van der Waals surface area contributed by atoms with E-state index in [9.17, 15) is 0 Å². The van der Waals surface area contributed by atoms with Crippen molar-refractivity contribution in [3.05, 3.63) is 24.3 Å². The zero-order valence-electron chi connectivity index (χ0n) is 10.3. The molecule has 1 N–H and O–H groups in total. The van der Waals surface area contributed by atoms with E-state index in [4.69, 9.17) is 5.16 Å². The highest BCUT2D eigenvalue weighted by molar-refractivity contribution is 7.71. The number of benzene rings is 1. The van der Waals surface area contributed by atoms with Crippen molar-refractivity contribution in [2.24, 2.45) is 0 Å². The van der Waals surface area contributed by atoms with Crippen molar-refractivity contribution < 1.29 is 0 Å². The van der Waals surface area contributed by atoms with E-state index in [2.05, 4.69) is 37.9 Å². The topological polar surface area (TPSA) is 27.1 Å². The number of rotatable bonds is 3. The molecule has 0 saturated carbocycles. The Bertz CT molecular complexity index is 379. The largest absolute Gasteiger partial charge is 0.372 e. The van der Waals surface area contributed by atoms with Crippen LogP contribution in [0, 0.1) is 5.16 Å². The maximum Gasteiger partial charge on any atom is 0.0458 e. The number of nitrogens with one attached hydrogen (secondary N) is 1. The number of nitrogens with zero attached hydrogens (tertiary/aromatic N) is 1. The van der Waals surface area contributed by atoms with Gasteiger partial charge in [-0.15, -0.1) is 0 Å². The lowest BCUT2D eigenvalue weighted by atomic mass is 10.2. The number of hydrogen-bond acceptors (Lipinski definition) is 2. The van der Waals surface area contributed by atoms with E-state index in [1.54, 1.807) is 0 Å². The van der Waals surface area contributed by atoms with Crippen LogP contribution in [0.1, 0.15) is 13.8 Å². The van der Waals surface area contributed by atoms with Crippen LogP contribution < -0.4 is 10.2 Å². The first kappa shape index (κ1) is 12.3. The maximum absolute atomic E-state index is 8.23. The molecule has 1 aromatic rings. The third kappa shape index (κ3) is 2.85. The lowest BCUT2D eigenvalue weighted by molar-refractivity contribution is 0.756. The number of anilines is 1. The Balaban J connectivity index is 3.24. The summed E-state index contributed by atoms with van der Waals surface area (Å²) in [7, 11) is 0.405. The first-order chi connectivity index (χ1) is 6.84. The van der Waals surface area contributed by atoms with Gasteiger partial charge >= 0.3 is 0 Å². The molecule has 84 valence electrons. The fourth-order valence-electron chi connectivity index (χ4n) is 1.51. The lowest BCUT2D eigenvalue weighted by Crippen LogP contribution is -2.29. The minimum atomic E-state index is -1.69. The van der Waals surface area contributed by atoms with Crippen LogP contribution in [-0.4, -0.2) is 26.4 Å². The second-order valence-corrected chi connectivity index (χ2v) is 8.04. The van der Waals surface area contributed by atoms with Crippen LogP contribution in [0.2, 0.25) is 0 Å². The van der Waals surface area contributed by atoms with Crippen LogP contribution in [0.25, 0.3) is 0 Å². The molecular weight excluding hydrogens is 203 g/mol. The van der Waals surface area contributed by atoms with E-state index in [0.717, 1.165) is 0 Å². The van der Waals surface area contributed by atoms with Crippen molar-refractivity contribution in [3.8, 4) is 0 Å². The molecule has 0 aromatic heterocycles. The lowest BCUT2D eigenvalue weighted by Gasteiger charge is -2.28. The number of para-hydroxylation sites is 1. The van der Waals surface area contributed by atoms with Crippen molar-refractivity contribution in [3.63, 3.8) is 0 Å². The fraction of sp³-hybridized carbons (Fsp3) is 0.500. The summed E-state index contributed by atoms with van der Waals surface area (Å²) < 4.78 is 0. The van der Waals surface area contributed by atoms with Crippen LogP contribution in [0.4, 0.5) is 5.69 Å². The van der Waals surface area contributed by atoms with Gasteiger partial charge in [0.05, 0.1) is 0 Å². The third-order valence-electron chi connectivity index (χ3n) is 2.64. The van der Waals surface area contributed by atoms with E-state index in [1.807, 2.05) is 25.5 Å². The smallest absolute Gasteiger partial charge is 0.0458 e. The molecule has 0 bridgehead atoms. The van der Waals surface area contributed by atoms with Crippen LogP contribution in [0.15, 0.2) is 24.3 Å². The van der Waals surface area contributed by atoms with E-state index >= 15 is 0 Å². The molecule has 0 amide bonds. The van der Waals surface area contributed by atoms with E-state index in [-0.39, 0.29) is 0 Å². The molecule has 0 heterocycles. The van der Waals surface area contributed by atoms with Gasteiger partial charge in [-0.3, -0.25) is 0 Å². The molecule has 0 fully saturated rings. The minimum absolute atomic E-state index is 0.470. The van der Waals surface area contributed by atoms with Gasteiger partial charge < -0.3 is 10.1 Å². The van der Waals surface area contributed by atoms with Gasteiger partial charge in [0, 0.05) is 24.1 Å². The summed E-state index contributed by atoms with van der Waals surface area (Å²) in [6.45, 7) is 8.43. The molecule has 0 aliphatic carbocycles. The van der Waals surface area contributed by atoms with Gasteiger partial charge in [0.2, 0.25) is 0 Å². The van der Waals surface area contributed by atoms with Crippen molar-refractivity contribution in [1.29, 1.82) is 5.16 Å². The first-order valence-corrected chi connectivity index (χ1v) is 7.94. The Labute approximate surface area is 93.2 Å². The second kappa shape index (κ2) is 4.40. The van der Waals surface area contributed by atoms with E-state index < -0.39 is 7.05 Å². The molecule has 0 atom stereocenters. The molecule has 1 rings (SSSR count). The fourth-order valence-corrected chi connectivity index (χ4v) is 2.78. The van der Waals surface area contributed by atoms with Gasteiger partial charge in [0.25, 0.3) is 0 Å². The van der Waals surface area contributed by atoms with E-state index in [1.165, 1.54) is 11.0 Å². The minimum Gasteiger partial charge on any atom is -0.372 e. The molecule has 3 heteroatoms. The standard InChI is InChI=1S/C12H21N2P/c1-10(2)14(3)11-8-6-7-9-12(11)15(4,5)13/h6-10,13H,1-5H3. The molecule has 0 aliphatic heterocycles. The van der Waals surface area contributed by atoms with Gasteiger partial charge in [-0.2, -0.15) is 0 Å². The average molecular weight is 224 g/mol. The van der Waals surface area contributed by atoms with Gasteiger partial charge in [-0.25, -0.2) is 0 Å². The summed E-state index contributed by atoms with van der Waals surface area (Å²) in [6.07, 6.45) is 0. The van der Waals surface area contributed by atoms with Crippen LogP contribution in [-0.2, 0) is 0 Å². The molecule has 1 aromatic carbocycles. The SMILES string of the molecule is CC(C)N(C)c1ccccc1P(C)(C)=N. The average Bonchev–Trinajstić information content (AvgIpc) is 2.15. The normalized spacial score (nSPS) is 11.9. The number of hydrogen-bond donors (Lipinski definition) is 1. The predicted molar refractivity (Wildman–Crippen MR) is 71.1 cm³/mol. The molecule has 0 spiro atoms. The Morgan fingerprint density at radius 3 is 2.20 bits per heavy atom. The summed E-state index contributed by atoms with van der Waals surface area (Å²) >= 11 is 0. The third-order valence-corrected chi connectivity index (χ3v) is 4.22. The molecule has 0 saturated heterocycles. The van der Waals surface area contributed by atoms with Crippen LogP contribution >= 0.6 is 7.05 Å². The molecule has 2 nitrogen and oxygen atoms in total. The predicted octanol–water partition coefficient (Wildman–Crippen LogP) is 3.20. The second-order valence-electron chi connectivity index (χ2n) is 4.65. The maximum atomic E-state index is 8.23. The summed E-state index contributed by atoms with van der Waals surface area (Å²) in [5.41, 5.74) is 1.21. The van der Waals surface area contributed by atoms with Crippen molar-refractivity contribution >= 4 is 18.0 Å². The van der Waals surface area contributed by atoms with Gasteiger partial charge in [-0.1, -0.05) is 18.2 Å². The monoisotopic (exact) mass is 224 g/mol. The quantitative estimate of drug-likeness (QED) is 0.784. The van der Waals surface area contributed by atoms with E-state index in [0.29, 0.717) is 6.04 Å². The molecule has 0 aliphatic rings. The summed E-state index contributed by atoms with van der Waals surface area (Å²) in [5.74, 6) is 0.